The summed E-state index contributed by atoms with van der Waals surface area (Å²) in [6.45, 7) is 1.89. The van der Waals surface area contributed by atoms with Gasteiger partial charge in [0.1, 0.15) is 4.60 Å². The van der Waals surface area contributed by atoms with E-state index >= 15 is 0 Å². The molecule has 0 bridgehead atoms. The first kappa shape index (κ1) is 14.9. The van der Waals surface area contributed by atoms with Crippen molar-refractivity contribution in [1.82, 2.24) is 19.7 Å². The van der Waals surface area contributed by atoms with Crippen LogP contribution < -0.4 is 5.32 Å². The molecule has 1 fully saturated rings. The van der Waals surface area contributed by atoms with E-state index < -0.39 is 0 Å². The first-order chi connectivity index (χ1) is 10.2. The second-order valence-corrected chi connectivity index (χ2v) is 6.82. The predicted octanol–water partition coefficient (Wildman–Crippen LogP) is 2.52. The maximum Gasteiger partial charge on any atom is 0.155 e. The Balaban J connectivity index is 1.65. The molecule has 0 saturated heterocycles. The first-order valence-electron chi connectivity index (χ1n) is 7.52. The van der Waals surface area contributed by atoms with Crippen molar-refractivity contribution in [2.45, 2.75) is 38.6 Å². The molecule has 6 heteroatoms. The number of rotatable bonds is 5. The number of fused-ring (bicyclic) bond motifs is 1. The van der Waals surface area contributed by atoms with Crippen LogP contribution in [0.15, 0.2) is 23.2 Å². The number of halogens is 1. The van der Waals surface area contributed by atoms with Gasteiger partial charge in [0.2, 0.25) is 0 Å². The molecule has 2 heterocycles. The van der Waals surface area contributed by atoms with Gasteiger partial charge in [-0.15, -0.1) is 0 Å². The SMILES string of the molecule is OCC1(CNCc2cnc3cnc(Br)cn23)CCCCC1. The predicted molar refractivity (Wildman–Crippen MR) is 85.0 cm³/mol. The molecule has 1 aliphatic carbocycles. The van der Waals surface area contributed by atoms with E-state index in [1.165, 1.54) is 19.3 Å². The molecule has 1 aliphatic rings. The van der Waals surface area contributed by atoms with Gasteiger partial charge in [0.15, 0.2) is 5.65 Å². The van der Waals surface area contributed by atoms with Crippen molar-refractivity contribution < 1.29 is 5.11 Å². The summed E-state index contributed by atoms with van der Waals surface area (Å²) in [5.74, 6) is 0. The second-order valence-electron chi connectivity index (χ2n) is 6.01. The molecule has 2 aromatic heterocycles. The fourth-order valence-corrected chi connectivity index (χ4v) is 3.50. The zero-order valence-electron chi connectivity index (χ0n) is 12.1. The number of imidazole rings is 1. The van der Waals surface area contributed by atoms with Gasteiger partial charge in [-0.05, 0) is 28.8 Å². The minimum Gasteiger partial charge on any atom is -0.396 e. The van der Waals surface area contributed by atoms with Gasteiger partial charge >= 0.3 is 0 Å². The van der Waals surface area contributed by atoms with E-state index in [9.17, 15) is 5.11 Å². The summed E-state index contributed by atoms with van der Waals surface area (Å²) in [6, 6.07) is 0. The van der Waals surface area contributed by atoms with E-state index in [4.69, 9.17) is 0 Å². The topological polar surface area (TPSA) is 62.5 Å². The lowest BCUT2D eigenvalue weighted by Crippen LogP contribution is -2.39. The highest BCUT2D eigenvalue weighted by Crippen LogP contribution is 2.35. The third kappa shape index (κ3) is 3.27. The first-order valence-corrected chi connectivity index (χ1v) is 8.31. The number of nitrogens with one attached hydrogen (secondary N) is 1. The summed E-state index contributed by atoms with van der Waals surface area (Å²) in [5, 5.41) is 13.2. The van der Waals surface area contributed by atoms with Crippen LogP contribution in [0.25, 0.3) is 5.65 Å². The fourth-order valence-electron chi connectivity index (χ4n) is 3.20. The van der Waals surface area contributed by atoms with E-state index in [0.717, 1.165) is 41.9 Å². The van der Waals surface area contributed by atoms with Crippen molar-refractivity contribution in [3.63, 3.8) is 0 Å². The fraction of sp³-hybridized carbons (Fsp3) is 0.600. The van der Waals surface area contributed by atoms with Crippen LogP contribution in [0, 0.1) is 5.41 Å². The summed E-state index contributed by atoms with van der Waals surface area (Å²) in [4.78, 5) is 8.53. The molecule has 0 spiro atoms. The maximum atomic E-state index is 9.73. The average Bonchev–Trinajstić information content (AvgIpc) is 2.91. The molecule has 114 valence electrons. The zero-order chi connectivity index (χ0) is 14.7. The molecule has 1 saturated carbocycles. The number of aliphatic hydroxyl groups excluding tert-OH is 1. The van der Waals surface area contributed by atoms with Gasteiger partial charge in [0, 0.05) is 31.3 Å². The Morgan fingerprint density at radius 3 is 2.81 bits per heavy atom. The molecule has 0 amide bonds. The van der Waals surface area contributed by atoms with Crippen LogP contribution >= 0.6 is 15.9 Å². The van der Waals surface area contributed by atoms with Gasteiger partial charge in [-0.25, -0.2) is 9.97 Å². The molecule has 3 rings (SSSR count). The van der Waals surface area contributed by atoms with Crippen LogP contribution in [0.1, 0.15) is 37.8 Å². The Morgan fingerprint density at radius 2 is 2.05 bits per heavy atom. The number of aliphatic hydroxyl groups is 1. The number of nitrogens with zero attached hydrogens (tertiary/aromatic N) is 3. The molecule has 5 nitrogen and oxygen atoms in total. The third-order valence-electron chi connectivity index (χ3n) is 4.50. The van der Waals surface area contributed by atoms with Crippen molar-refractivity contribution in [3.8, 4) is 0 Å². The smallest absolute Gasteiger partial charge is 0.155 e. The van der Waals surface area contributed by atoms with E-state index in [1.807, 2.05) is 16.8 Å². The van der Waals surface area contributed by atoms with E-state index in [0.29, 0.717) is 0 Å². The van der Waals surface area contributed by atoms with Crippen LogP contribution in [-0.4, -0.2) is 32.6 Å². The minimum absolute atomic E-state index is 0.0703. The lowest BCUT2D eigenvalue weighted by atomic mass is 9.74. The molecular weight excluding hydrogens is 332 g/mol. The van der Waals surface area contributed by atoms with Gasteiger partial charge in [0.05, 0.1) is 18.1 Å². The molecule has 2 aromatic rings. The monoisotopic (exact) mass is 352 g/mol. The van der Waals surface area contributed by atoms with Crippen LogP contribution in [0.2, 0.25) is 0 Å². The molecule has 0 aromatic carbocycles. The van der Waals surface area contributed by atoms with Crippen LogP contribution in [0.3, 0.4) is 0 Å². The highest BCUT2D eigenvalue weighted by molar-refractivity contribution is 9.10. The van der Waals surface area contributed by atoms with Crippen LogP contribution in [0.5, 0.6) is 0 Å². The Kier molecular flexibility index (Phi) is 4.57. The largest absolute Gasteiger partial charge is 0.396 e. The van der Waals surface area contributed by atoms with Gasteiger partial charge in [-0.2, -0.15) is 0 Å². The standard InChI is InChI=1S/C15H21BrN4O/c16-13-9-20-12(7-19-14(20)8-18-13)6-17-10-15(11-21)4-2-1-3-5-15/h7-9,17,21H,1-6,10-11H2. The quantitative estimate of drug-likeness (QED) is 0.867. The van der Waals surface area contributed by atoms with Crippen molar-refractivity contribution in [3.05, 3.63) is 28.9 Å². The number of hydrogen-bond donors (Lipinski definition) is 2. The molecule has 0 atom stereocenters. The Bertz CT molecular complexity index is 607. The highest BCUT2D eigenvalue weighted by atomic mass is 79.9. The van der Waals surface area contributed by atoms with Gasteiger partial charge < -0.3 is 10.4 Å². The lowest BCUT2D eigenvalue weighted by molar-refractivity contribution is 0.0809. The average molecular weight is 353 g/mol. The molecule has 0 aliphatic heterocycles. The summed E-state index contributed by atoms with van der Waals surface area (Å²) in [5.41, 5.74) is 2.03. The van der Waals surface area contributed by atoms with Crippen molar-refractivity contribution in [2.24, 2.45) is 5.41 Å². The van der Waals surface area contributed by atoms with E-state index in [2.05, 4.69) is 31.2 Å². The summed E-state index contributed by atoms with van der Waals surface area (Å²) >= 11 is 3.39. The number of aromatic nitrogens is 3. The summed E-state index contributed by atoms with van der Waals surface area (Å²) < 4.78 is 2.84. The molecule has 21 heavy (non-hydrogen) atoms. The molecule has 0 unspecified atom stereocenters. The highest BCUT2D eigenvalue weighted by Gasteiger charge is 2.30. The van der Waals surface area contributed by atoms with E-state index in [-0.39, 0.29) is 12.0 Å². The molecular formula is C15H21BrN4O. The van der Waals surface area contributed by atoms with Crippen molar-refractivity contribution in [1.29, 1.82) is 0 Å². The molecule has 2 N–H and O–H groups in total. The van der Waals surface area contributed by atoms with Crippen molar-refractivity contribution >= 4 is 21.6 Å². The third-order valence-corrected chi connectivity index (χ3v) is 4.91. The molecule has 0 radical (unpaired) electrons. The second kappa shape index (κ2) is 6.42. The Morgan fingerprint density at radius 1 is 1.24 bits per heavy atom. The van der Waals surface area contributed by atoms with Crippen LogP contribution in [-0.2, 0) is 6.54 Å². The maximum absolute atomic E-state index is 9.73. The minimum atomic E-state index is 0.0703. The van der Waals surface area contributed by atoms with Crippen molar-refractivity contribution in [2.75, 3.05) is 13.2 Å². The van der Waals surface area contributed by atoms with Gasteiger partial charge in [0.25, 0.3) is 0 Å². The zero-order valence-corrected chi connectivity index (χ0v) is 13.6. The summed E-state index contributed by atoms with van der Waals surface area (Å²) in [6.07, 6.45) is 11.6. The van der Waals surface area contributed by atoms with Crippen LogP contribution in [0.4, 0.5) is 0 Å². The lowest BCUT2D eigenvalue weighted by Gasteiger charge is -2.35. The van der Waals surface area contributed by atoms with E-state index in [1.54, 1.807) is 6.20 Å². The normalized spacial score (nSPS) is 18.2. The van der Waals surface area contributed by atoms with Gasteiger partial charge in [-0.3, -0.25) is 4.40 Å². The number of hydrogen-bond acceptors (Lipinski definition) is 4. The Labute approximate surface area is 132 Å². The van der Waals surface area contributed by atoms with Gasteiger partial charge in [-0.1, -0.05) is 19.3 Å². The summed E-state index contributed by atoms with van der Waals surface area (Å²) in [7, 11) is 0. The Hall–Kier alpha value is -0.980.